The molecule has 1 aromatic rings. The van der Waals surface area contributed by atoms with Crippen LogP contribution in [0.4, 0.5) is 0 Å². The van der Waals surface area contributed by atoms with Crippen LogP contribution in [0.2, 0.25) is 0 Å². The Bertz CT molecular complexity index is 445. The molecule has 2 rings (SSSR count). The highest BCUT2D eigenvalue weighted by molar-refractivity contribution is 7.12. The number of hydrogen-bond acceptors (Lipinski definition) is 3. The minimum absolute atomic E-state index is 0.193. The van der Waals surface area contributed by atoms with Crippen LogP contribution >= 0.6 is 11.3 Å². The number of likely N-dealkylation sites (tertiary alicyclic amines) is 1. The van der Waals surface area contributed by atoms with E-state index in [0.717, 1.165) is 19.0 Å². The van der Waals surface area contributed by atoms with Crippen molar-refractivity contribution < 1.29 is 0 Å². The van der Waals surface area contributed by atoms with Crippen LogP contribution in [-0.2, 0) is 13.1 Å². The fourth-order valence-corrected chi connectivity index (χ4v) is 3.90. The van der Waals surface area contributed by atoms with Gasteiger partial charge in [0.25, 0.3) is 0 Å². The van der Waals surface area contributed by atoms with Gasteiger partial charge < -0.3 is 5.32 Å². The molecule has 0 saturated carbocycles. The summed E-state index contributed by atoms with van der Waals surface area (Å²) in [5, 5.41) is 3.59. The van der Waals surface area contributed by atoms with Gasteiger partial charge in [0.2, 0.25) is 0 Å². The first-order chi connectivity index (χ1) is 9.83. The van der Waals surface area contributed by atoms with E-state index < -0.39 is 0 Å². The van der Waals surface area contributed by atoms with Gasteiger partial charge in [0.1, 0.15) is 0 Å². The first-order valence-electron chi connectivity index (χ1n) is 8.39. The molecular formula is C18H32N2S. The van der Waals surface area contributed by atoms with Gasteiger partial charge in [0.15, 0.2) is 0 Å². The number of hydrogen-bond donors (Lipinski definition) is 1. The van der Waals surface area contributed by atoms with Crippen LogP contribution in [0.15, 0.2) is 6.07 Å². The highest BCUT2D eigenvalue weighted by Crippen LogP contribution is 2.25. The zero-order chi connectivity index (χ0) is 15.5. The number of nitrogens with zero attached hydrogens (tertiary/aromatic N) is 1. The van der Waals surface area contributed by atoms with Gasteiger partial charge in [0, 0.05) is 28.4 Å². The molecule has 21 heavy (non-hydrogen) atoms. The van der Waals surface area contributed by atoms with Crippen molar-refractivity contribution in [2.24, 2.45) is 5.92 Å². The number of rotatable bonds is 4. The van der Waals surface area contributed by atoms with Crippen molar-refractivity contribution in [2.45, 2.75) is 72.5 Å². The van der Waals surface area contributed by atoms with Crippen molar-refractivity contribution >= 4 is 11.3 Å². The van der Waals surface area contributed by atoms with Gasteiger partial charge in [-0.15, -0.1) is 11.3 Å². The molecule has 0 amide bonds. The van der Waals surface area contributed by atoms with Crippen LogP contribution in [0.1, 0.15) is 62.3 Å². The lowest BCUT2D eigenvalue weighted by Crippen LogP contribution is -2.34. The minimum Gasteiger partial charge on any atom is -0.307 e. The highest BCUT2D eigenvalue weighted by atomic mass is 32.1. The molecule has 1 aromatic heterocycles. The molecule has 120 valence electrons. The molecule has 0 aliphatic carbocycles. The lowest BCUT2D eigenvalue weighted by atomic mass is 10.0. The molecule has 1 N–H and O–H groups in total. The van der Waals surface area contributed by atoms with Crippen LogP contribution in [0.5, 0.6) is 0 Å². The van der Waals surface area contributed by atoms with Crippen molar-refractivity contribution in [1.82, 2.24) is 10.2 Å². The standard InChI is InChI=1S/C18H32N2S/c1-14-7-6-9-20(10-8-14)13-16-11-17(21-15(16)2)12-19-18(3,4)5/h11,14,19H,6-10,12-13H2,1-5H3. The molecule has 0 radical (unpaired) electrons. The quantitative estimate of drug-likeness (QED) is 0.876. The van der Waals surface area contributed by atoms with E-state index in [0.29, 0.717) is 0 Å². The Morgan fingerprint density at radius 1 is 1.29 bits per heavy atom. The van der Waals surface area contributed by atoms with E-state index in [-0.39, 0.29) is 5.54 Å². The number of aryl methyl sites for hydroxylation is 1. The van der Waals surface area contributed by atoms with Gasteiger partial charge >= 0.3 is 0 Å². The van der Waals surface area contributed by atoms with E-state index in [9.17, 15) is 0 Å². The topological polar surface area (TPSA) is 15.3 Å². The summed E-state index contributed by atoms with van der Waals surface area (Å²) < 4.78 is 0. The van der Waals surface area contributed by atoms with E-state index in [4.69, 9.17) is 0 Å². The third-order valence-electron chi connectivity index (χ3n) is 4.37. The van der Waals surface area contributed by atoms with E-state index in [1.807, 2.05) is 11.3 Å². The summed E-state index contributed by atoms with van der Waals surface area (Å²) in [6, 6.07) is 2.42. The summed E-state index contributed by atoms with van der Waals surface area (Å²) >= 11 is 1.96. The average Bonchev–Trinajstić information content (AvgIpc) is 2.59. The Balaban J connectivity index is 1.92. The lowest BCUT2D eigenvalue weighted by Gasteiger charge is -2.20. The zero-order valence-corrected chi connectivity index (χ0v) is 15.3. The van der Waals surface area contributed by atoms with Crippen LogP contribution in [0.25, 0.3) is 0 Å². The molecule has 1 aliphatic rings. The maximum absolute atomic E-state index is 3.59. The predicted molar refractivity (Wildman–Crippen MR) is 93.9 cm³/mol. The van der Waals surface area contributed by atoms with Gasteiger partial charge in [-0.25, -0.2) is 0 Å². The van der Waals surface area contributed by atoms with Crippen molar-refractivity contribution in [1.29, 1.82) is 0 Å². The third kappa shape index (κ3) is 5.72. The van der Waals surface area contributed by atoms with E-state index in [1.54, 1.807) is 5.56 Å². The Morgan fingerprint density at radius 3 is 2.76 bits per heavy atom. The fourth-order valence-electron chi connectivity index (χ4n) is 2.91. The van der Waals surface area contributed by atoms with Gasteiger partial charge in [-0.3, -0.25) is 4.90 Å². The lowest BCUT2D eigenvalue weighted by molar-refractivity contribution is 0.273. The van der Waals surface area contributed by atoms with E-state index in [1.165, 1.54) is 42.1 Å². The molecule has 1 atom stereocenters. The highest BCUT2D eigenvalue weighted by Gasteiger charge is 2.16. The third-order valence-corrected chi connectivity index (χ3v) is 5.46. The zero-order valence-electron chi connectivity index (χ0n) is 14.5. The molecule has 1 saturated heterocycles. The minimum atomic E-state index is 0.193. The summed E-state index contributed by atoms with van der Waals surface area (Å²) in [5.74, 6) is 0.908. The summed E-state index contributed by atoms with van der Waals surface area (Å²) in [4.78, 5) is 5.62. The maximum atomic E-state index is 3.59. The maximum Gasteiger partial charge on any atom is 0.0304 e. The summed E-state index contributed by atoms with van der Waals surface area (Å²) in [5.41, 5.74) is 1.74. The Kier molecular flexibility index (Phi) is 5.87. The Hall–Kier alpha value is -0.380. The van der Waals surface area contributed by atoms with Gasteiger partial charge in [-0.2, -0.15) is 0 Å². The van der Waals surface area contributed by atoms with Crippen molar-refractivity contribution in [2.75, 3.05) is 13.1 Å². The van der Waals surface area contributed by atoms with E-state index >= 15 is 0 Å². The average molecular weight is 309 g/mol. The van der Waals surface area contributed by atoms with Crippen molar-refractivity contribution in [3.63, 3.8) is 0 Å². The normalized spacial score (nSPS) is 21.5. The second-order valence-electron chi connectivity index (χ2n) is 7.71. The molecule has 2 nitrogen and oxygen atoms in total. The van der Waals surface area contributed by atoms with Crippen molar-refractivity contribution in [3.8, 4) is 0 Å². The number of thiophene rings is 1. The second kappa shape index (κ2) is 7.26. The molecule has 2 heterocycles. The molecule has 0 spiro atoms. The second-order valence-corrected chi connectivity index (χ2v) is 9.05. The molecule has 3 heteroatoms. The van der Waals surface area contributed by atoms with Crippen LogP contribution in [0, 0.1) is 12.8 Å². The molecule has 1 aliphatic heterocycles. The molecule has 0 bridgehead atoms. The summed E-state index contributed by atoms with van der Waals surface area (Å²) in [7, 11) is 0. The molecular weight excluding hydrogens is 276 g/mol. The Morgan fingerprint density at radius 2 is 2.05 bits per heavy atom. The van der Waals surface area contributed by atoms with Gasteiger partial charge in [0.05, 0.1) is 0 Å². The monoisotopic (exact) mass is 308 g/mol. The fraction of sp³-hybridized carbons (Fsp3) is 0.778. The summed E-state index contributed by atoms with van der Waals surface area (Å²) in [6.07, 6.45) is 4.13. The van der Waals surface area contributed by atoms with Crippen molar-refractivity contribution in [3.05, 3.63) is 21.4 Å². The predicted octanol–water partition coefficient (Wildman–Crippen LogP) is 4.57. The first kappa shape index (κ1) is 17.0. The molecule has 0 aromatic carbocycles. The summed E-state index contributed by atoms with van der Waals surface area (Å²) in [6.45, 7) is 16.0. The van der Waals surface area contributed by atoms with E-state index in [2.05, 4.69) is 50.9 Å². The van der Waals surface area contributed by atoms with Crippen LogP contribution in [-0.4, -0.2) is 23.5 Å². The largest absolute Gasteiger partial charge is 0.307 e. The molecule has 1 unspecified atom stereocenters. The Labute approximate surface area is 134 Å². The van der Waals surface area contributed by atoms with Gasteiger partial charge in [-0.05, 0) is 77.6 Å². The smallest absolute Gasteiger partial charge is 0.0304 e. The van der Waals surface area contributed by atoms with Crippen LogP contribution in [0.3, 0.4) is 0 Å². The van der Waals surface area contributed by atoms with Gasteiger partial charge in [-0.1, -0.05) is 6.92 Å². The van der Waals surface area contributed by atoms with Crippen LogP contribution < -0.4 is 5.32 Å². The SMILES string of the molecule is Cc1sc(CNC(C)(C)C)cc1CN1CCCC(C)CC1. The first-order valence-corrected chi connectivity index (χ1v) is 9.21. The molecule has 1 fully saturated rings. The number of nitrogens with one attached hydrogen (secondary N) is 1.